The molecule has 2 rings (SSSR count). The molecule has 1 aliphatic heterocycles. The van der Waals surface area contributed by atoms with Crippen molar-refractivity contribution in [2.45, 2.75) is 31.7 Å². The molecule has 1 atom stereocenters. The molecule has 114 valence electrons. The number of hydrogen-bond donors (Lipinski definition) is 2. The minimum Gasteiger partial charge on any atom is -0.317 e. The van der Waals surface area contributed by atoms with E-state index in [2.05, 4.69) is 10.6 Å². The van der Waals surface area contributed by atoms with Gasteiger partial charge in [0.25, 0.3) is 5.69 Å². The van der Waals surface area contributed by atoms with Gasteiger partial charge in [-0.3, -0.25) is 14.9 Å². The van der Waals surface area contributed by atoms with Crippen LogP contribution in [0.3, 0.4) is 0 Å². The van der Waals surface area contributed by atoms with E-state index in [0.717, 1.165) is 19.3 Å². The smallest absolute Gasteiger partial charge is 0.298 e. The molecule has 6 nitrogen and oxygen atoms in total. The number of nitro groups is 1. The predicted molar refractivity (Wildman–Crippen MR) is 71.9 cm³/mol. The van der Waals surface area contributed by atoms with Gasteiger partial charge in [0.2, 0.25) is 5.91 Å². The van der Waals surface area contributed by atoms with Crippen molar-refractivity contribution in [3.63, 3.8) is 0 Å². The fraction of sp³-hybridized carbons (Fsp3) is 0.462. The molecule has 1 aromatic rings. The van der Waals surface area contributed by atoms with Crippen LogP contribution in [0.15, 0.2) is 12.1 Å². The highest BCUT2D eigenvalue weighted by molar-refractivity contribution is 5.96. The van der Waals surface area contributed by atoms with Crippen molar-refractivity contribution >= 4 is 17.3 Å². The number of anilines is 1. The maximum atomic E-state index is 13.7. The Kier molecular flexibility index (Phi) is 4.79. The lowest BCUT2D eigenvalue weighted by molar-refractivity contribution is -0.384. The van der Waals surface area contributed by atoms with Gasteiger partial charge in [0.1, 0.15) is 5.82 Å². The molecule has 0 aromatic heterocycles. The maximum absolute atomic E-state index is 13.7. The highest BCUT2D eigenvalue weighted by Crippen LogP contribution is 2.29. The average molecular weight is 299 g/mol. The van der Waals surface area contributed by atoms with Crippen LogP contribution in [0.4, 0.5) is 20.2 Å². The minimum atomic E-state index is -1.16. The summed E-state index contributed by atoms with van der Waals surface area (Å²) in [6, 6.07) is 0.555. The lowest BCUT2D eigenvalue weighted by Crippen LogP contribution is -2.40. The number of carbonyl (C=O) groups excluding carboxylic acids is 1. The first-order valence-electron chi connectivity index (χ1n) is 6.66. The minimum absolute atomic E-state index is 0.503. The second-order valence-electron chi connectivity index (χ2n) is 4.88. The van der Waals surface area contributed by atoms with E-state index in [1.807, 2.05) is 0 Å². The highest BCUT2D eigenvalue weighted by Gasteiger charge is 2.26. The van der Waals surface area contributed by atoms with Gasteiger partial charge in [-0.1, -0.05) is 12.8 Å². The molecule has 0 spiro atoms. The SMILES string of the molecule is O=C(Nc1c(F)cc(F)cc1[N+](=O)[O-])C1CCCCCN1. The Morgan fingerprint density at radius 1 is 1.33 bits per heavy atom. The van der Waals surface area contributed by atoms with Crippen LogP contribution in [0.25, 0.3) is 0 Å². The fourth-order valence-corrected chi connectivity index (χ4v) is 2.29. The average Bonchev–Trinajstić information content (AvgIpc) is 2.70. The first-order chi connectivity index (χ1) is 9.99. The number of carbonyl (C=O) groups is 1. The van der Waals surface area contributed by atoms with Gasteiger partial charge in [-0.25, -0.2) is 8.78 Å². The molecule has 0 aliphatic carbocycles. The zero-order valence-corrected chi connectivity index (χ0v) is 11.2. The second-order valence-corrected chi connectivity index (χ2v) is 4.88. The number of nitrogens with zero attached hydrogens (tertiary/aromatic N) is 1. The third kappa shape index (κ3) is 3.72. The van der Waals surface area contributed by atoms with E-state index in [4.69, 9.17) is 0 Å². The molecule has 1 amide bonds. The number of amides is 1. The summed E-state index contributed by atoms with van der Waals surface area (Å²) in [5.41, 5.74) is -1.40. The van der Waals surface area contributed by atoms with Crippen molar-refractivity contribution in [1.29, 1.82) is 0 Å². The van der Waals surface area contributed by atoms with Gasteiger partial charge in [-0.2, -0.15) is 0 Å². The van der Waals surface area contributed by atoms with Gasteiger partial charge in [0, 0.05) is 6.07 Å². The molecule has 1 aliphatic rings. The molecule has 1 fully saturated rings. The largest absolute Gasteiger partial charge is 0.317 e. The molecule has 0 radical (unpaired) electrons. The standard InChI is InChI=1S/C13H15F2N3O3/c14-8-6-9(15)12(11(7-8)18(20)21)17-13(19)10-4-2-1-3-5-16-10/h6-7,10,16H,1-5H2,(H,17,19). The number of nitrogens with one attached hydrogen (secondary N) is 2. The van der Waals surface area contributed by atoms with Gasteiger partial charge in [0.05, 0.1) is 17.0 Å². The summed E-state index contributed by atoms with van der Waals surface area (Å²) in [7, 11) is 0. The van der Waals surface area contributed by atoms with Crippen LogP contribution in [0.2, 0.25) is 0 Å². The van der Waals surface area contributed by atoms with E-state index in [1.54, 1.807) is 0 Å². The van der Waals surface area contributed by atoms with Crippen molar-refractivity contribution in [2.75, 3.05) is 11.9 Å². The molecule has 0 bridgehead atoms. The van der Waals surface area contributed by atoms with Crippen LogP contribution >= 0.6 is 0 Å². The van der Waals surface area contributed by atoms with Crippen molar-refractivity contribution in [3.05, 3.63) is 33.9 Å². The lowest BCUT2D eigenvalue weighted by atomic mass is 10.1. The van der Waals surface area contributed by atoms with Crippen molar-refractivity contribution in [2.24, 2.45) is 0 Å². The summed E-state index contributed by atoms with van der Waals surface area (Å²) < 4.78 is 26.7. The van der Waals surface area contributed by atoms with Gasteiger partial charge < -0.3 is 10.6 Å². The molecule has 1 aromatic carbocycles. The Morgan fingerprint density at radius 2 is 2.10 bits per heavy atom. The highest BCUT2D eigenvalue weighted by atomic mass is 19.1. The molecule has 1 unspecified atom stereocenters. The predicted octanol–water partition coefficient (Wildman–Crippen LogP) is 2.34. The molecule has 2 N–H and O–H groups in total. The quantitative estimate of drug-likeness (QED) is 0.663. The van der Waals surface area contributed by atoms with Gasteiger partial charge in [0.15, 0.2) is 11.5 Å². The van der Waals surface area contributed by atoms with Gasteiger partial charge >= 0.3 is 0 Å². The Balaban J connectivity index is 2.22. The molecule has 1 heterocycles. The summed E-state index contributed by atoms with van der Waals surface area (Å²) in [5.74, 6) is -2.78. The van der Waals surface area contributed by atoms with E-state index in [1.165, 1.54) is 0 Å². The van der Waals surface area contributed by atoms with E-state index in [-0.39, 0.29) is 0 Å². The van der Waals surface area contributed by atoms with Crippen LogP contribution in [0.5, 0.6) is 0 Å². The monoisotopic (exact) mass is 299 g/mol. The molecular formula is C13H15F2N3O3. The summed E-state index contributed by atoms with van der Waals surface area (Å²) in [6.07, 6.45) is 3.35. The number of nitro benzene ring substituents is 1. The van der Waals surface area contributed by atoms with Crippen LogP contribution in [-0.4, -0.2) is 23.4 Å². The topological polar surface area (TPSA) is 84.3 Å². The van der Waals surface area contributed by atoms with Crippen molar-refractivity contribution < 1.29 is 18.5 Å². The van der Waals surface area contributed by atoms with Gasteiger partial charge in [-0.15, -0.1) is 0 Å². The van der Waals surface area contributed by atoms with Crippen LogP contribution in [-0.2, 0) is 4.79 Å². The van der Waals surface area contributed by atoms with Crippen molar-refractivity contribution in [3.8, 4) is 0 Å². The Labute approximate surface area is 119 Å². The Bertz CT molecular complexity index is 558. The number of benzene rings is 1. The van der Waals surface area contributed by atoms with Crippen LogP contribution in [0.1, 0.15) is 25.7 Å². The van der Waals surface area contributed by atoms with E-state index >= 15 is 0 Å². The number of halogens is 2. The van der Waals surface area contributed by atoms with E-state index < -0.39 is 39.9 Å². The maximum Gasteiger partial charge on any atom is 0.298 e. The Morgan fingerprint density at radius 3 is 2.81 bits per heavy atom. The molecule has 8 heteroatoms. The van der Waals surface area contributed by atoms with E-state index in [9.17, 15) is 23.7 Å². The summed E-state index contributed by atoms with van der Waals surface area (Å²) in [5, 5.41) is 16.0. The third-order valence-corrected chi connectivity index (χ3v) is 3.36. The molecular weight excluding hydrogens is 284 g/mol. The fourth-order valence-electron chi connectivity index (χ4n) is 2.29. The molecule has 1 saturated heterocycles. The summed E-state index contributed by atoms with van der Waals surface area (Å²) in [4.78, 5) is 22.0. The summed E-state index contributed by atoms with van der Waals surface area (Å²) >= 11 is 0. The number of hydrogen-bond acceptors (Lipinski definition) is 4. The zero-order chi connectivity index (χ0) is 15.4. The van der Waals surface area contributed by atoms with Crippen molar-refractivity contribution in [1.82, 2.24) is 5.32 Å². The summed E-state index contributed by atoms with van der Waals surface area (Å²) in [6.45, 7) is 0.659. The normalized spacial score (nSPS) is 18.9. The number of rotatable bonds is 3. The Hall–Kier alpha value is -2.09. The first-order valence-corrected chi connectivity index (χ1v) is 6.66. The van der Waals surface area contributed by atoms with Crippen LogP contribution in [0, 0.1) is 21.7 Å². The molecule has 0 saturated carbocycles. The van der Waals surface area contributed by atoms with E-state index in [0.29, 0.717) is 25.1 Å². The van der Waals surface area contributed by atoms with Gasteiger partial charge in [-0.05, 0) is 19.4 Å². The first kappa shape index (κ1) is 15.3. The third-order valence-electron chi connectivity index (χ3n) is 3.36. The molecule has 21 heavy (non-hydrogen) atoms. The lowest BCUT2D eigenvalue weighted by Gasteiger charge is -2.15. The van der Waals surface area contributed by atoms with Crippen LogP contribution < -0.4 is 10.6 Å². The second kappa shape index (κ2) is 6.57. The zero-order valence-electron chi connectivity index (χ0n) is 11.2.